The molecule has 33 heavy (non-hydrogen) atoms. The zero-order valence-electron chi connectivity index (χ0n) is 18.7. The van der Waals surface area contributed by atoms with Crippen molar-refractivity contribution in [1.29, 1.82) is 0 Å². The number of carbonyl (C=O) groups is 2. The molecule has 2 fully saturated rings. The number of carbonyl (C=O) groups excluding carboxylic acids is 2. The van der Waals surface area contributed by atoms with Gasteiger partial charge in [-0.05, 0) is 29.9 Å². The predicted molar refractivity (Wildman–Crippen MR) is 129 cm³/mol. The van der Waals surface area contributed by atoms with E-state index < -0.39 is 0 Å². The molecular weight excluding hydrogens is 434 g/mol. The number of aromatic nitrogens is 2. The Hall–Kier alpha value is -2.97. The van der Waals surface area contributed by atoms with E-state index >= 15 is 0 Å². The van der Waals surface area contributed by atoms with E-state index in [1.165, 1.54) is 0 Å². The van der Waals surface area contributed by atoms with Gasteiger partial charge in [0.1, 0.15) is 5.69 Å². The van der Waals surface area contributed by atoms with Gasteiger partial charge < -0.3 is 9.80 Å². The number of likely N-dealkylation sites (tertiary alicyclic amines) is 1. The van der Waals surface area contributed by atoms with E-state index in [-0.39, 0.29) is 11.8 Å². The fraction of sp³-hybridized carbons (Fsp3) is 0.400. The minimum Gasteiger partial charge on any atom is -0.342 e. The number of thiophene rings is 1. The van der Waals surface area contributed by atoms with Crippen molar-refractivity contribution in [2.75, 3.05) is 45.8 Å². The molecule has 2 aromatic heterocycles. The monoisotopic (exact) mass is 463 g/mol. The highest BCUT2D eigenvalue weighted by atomic mass is 32.1. The number of rotatable bonds is 6. The molecule has 0 unspecified atom stereocenters. The van der Waals surface area contributed by atoms with E-state index in [2.05, 4.69) is 17.0 Å². The largest absolute Gasteiger partial charge is 0.342 e. The van der Waals surface area contributed by atoms with Gasteiger partial charge in [-0.2, -0.15) is 5.10 Å². The maximum Gasteiger partial charge on any atom is 0.257 e. The molecule has 2 amide bonds. The van der Waals surface area contributed by atoms with Crippen LogP contribution in [0.3, 0.4) is 0 Å². The highest BCUT2D eigenvalue weighted by Crippen LogP contribution is 2.28. The van der Waals surface area contributed by atoms with Crippen molar-refractivity contribution in [2.45, 2.75) is 19.4 Å². The van der Waals surface area contributed by atoms with Gasteiger partial charge in [-0.15, -0.1) is 11.3 Å². The number of piperazine rings is 1. The topological polar surface area (TPSA) is 61.7 Å². The summed E-state index contributed by atoms with van der Waals surface area (Å²) in [5, 5.41) is 6.79. The van der Waals surface area contributed by atoms with Crippen LogP contribution in [0.1, 0.15) is 28.8 Å². The number of nitrogens with zero attached hydrogens (tertiary/aromatic N) is 5. The molecule has 0 spiro atoms. The van der Waals surface area contributed by atoms with Gasteiger partial charge in [-0.25, -0.2) is 0 Å². The van der Waals surface area contributed by atoms with Crippen LogP contribution in [0.25, 0.3) is 10.6 Å². The molecule has 172 valence electrons. The smallest absolute Gasteiger partial charge is 0.257 e. The Balaban J connectivity index is 1.27. The number of hydrogen-bond donors (Lipinski definition) is 0. The summed E-state index contributed by atoms with van der Waals surface area (Å²) in [6, 6.07) is 14.2. The first-order valence-electron chi connectivity index (χ1n) is 11.6. The second-order valence-corrected chi connectivity index (χ2v) is 9.66. The van der Waals surface area contributed by atoms with Crippen molar-refractivity contribution in [3.8, 4) is 10.6 Å². The number of amides is 2. The SMILES string of the molecule is O=C(CN1CCN(C(=O)c2cn(Cc3ccccc3)nc2-c2cccs2)CC1)N1CCCC1. The zero-order chi connectivity index (χ0) is 22.6. The molecule has 2 aliphatic rings. The van der Waals surface area contributed by atoms with Crippen molar-refractivity contribution in [3.05, 3.63) is 65.2 Å². The van der Waals surface area contributed by atoms with Crippen molar-refractivity contribution < 1.29 is 9.59 Å². The lowest BCUT2D eigenvalue weighted by Crippen LogP contribution is -2.51. The fourth-order valence-corrected chi connectivity index (χ4v) is 5.29. The summed E-state index contributed by atoms with van der Waals surface area (Å²) in [4.78, 5) is 33.0. The molecule has 0 bridgehead atoms. The molecule has 0 radical (unpaired) electrons. The van der Waals surface area contributed by atoms with Crippen molar-refractivity contribution >= 4 is 23.2 Å². The highest BCUT2D eigenvalue weighted by Gasteiger charge is 2.28. The summed E-state index contributed by atoms with van der Waals surface area (Å²) in [7, 11) is 0. The number of hydrogen-bond acceptors (Lipinski definition) is 5. The first-order valence-corrected chi connectivity index (χ1v) is 12.5. The van der Waals surface area contributed by atoms with E-state index in [9.17, 15) is 9.59 Å². The Bertz CT molecular complexity index is 1080. The standard InChI is InChI=1S/C25H29N5O2S/c31-23(28-10-4-5-11-28)19-27-12-14-29(15-13-27)25(32)21-18-30(17-20-7-2-1-3-8-20)26-24(21)22-9-6-16-33-22/h1-3,6-9,16,18H,4-5,10-15,17,19H2. The summed E-state index contributed by atoms with van der Waals surface area (Å²) in [5.74, 6) is 0.234. The summed E-state index contributed by atoms with van der Waals surface area (Å²) < 4.78 is 1.86. The average molecular weight is 464 g/mol. The second-order valence-electron chi connectivity index (χ2n) is 8.71. The third-order valence-corrected chi connectivity index (χ3v) is 7.29. The van der Waals surface area contributed by atoms with Crippen LogP contribution in [-0.4, -0.2) is 82.1 Å². The zero-order valence-corrected chi connectivity index (χ0v) is 19.5. The van der Waals surface area contributed by atoms with Gasteiger partial charge >= 0.3 is 0 Å². The Kier molecular flexibility index (Phi) is 6.55. The lowest BCUT2D eigenvalue weighted by Gasteiger charge is -2.35. The first kappa shape index (κ1) is 21.9. The second kappa shape index (κ2) is 9.89. The molecule has 3 aromatic rings. The van der Waals surface area contributed by atoms with E-state index in [0.29, 0.717) is 31.7 Å². The molecule has 4 heterocycles. The Morgan fingerprint density at radius 2 is 1.64 bits per heavy atom. The normalized spacial score (nSPS) is 17.0. The highest BCUT2D eigenvalue weighted by molar-refractivity contribution is 7.13. The van der Waals surface area contributed by atoms with Crippen molar-refractivity contribution in [3.63, 3.8) is 0 Å². The van der Waals surface area contributed by atoms with Crippen LogP contribution in [0.2, 0.25) is 0 Å². The quantitative estimate of drug-likeness (QED) is 0.564. The fourth-order valence-electron chi connectivity index (χ4n) is 4.56. The third-order valence-electron chi connectivity index (χ3n) is 6.41. The van der Waals surface area contributed by atoms with E-state index in [4.69, 9.17) is 5.10 Å². The lowest BCUT2D eigenvalue weighted by atomic mass is 10.1. The van der Waals surface area contributed by atoms with Crippen molar-refractivity contribution in [2.24, 2.45) is 0 Å². The maximum atomic E-state index is 13.5. The van der Waals surface area contributed by atoms with Gasteiger partial charge in [0.2, 0.25) is 5.91 Å². The molecule has 1 aromatic carbocycles. The Labute approximate surface area is 198 Å². The van der Waals surface area contributed by atoms with E-state index in [0.717, 1.165) is 55.2 Å². The van der Waals surface area contributed by atoms with Crippen LogP contribution in [0.5, 0.6) is 0 Å². The lowest BCUT2D eigenvalue weighted by molar-refractivity contribution is -0.131. The van der Waals surface area contributed by atoms with Crippen molar-refractivity contribution in [1.82, 2.24) is 24.5 Å². The third kappa shape index (κ3) is 5.02. The van der Waals surface area contributed by atoms with Crippen LogP contribution in [0, 0.1) is 0 Å². The summed E-state index contributed by atoms with van der Waals surface area (Å²) in [5.41, 5.74) is 2.54. The van der Waals surface area contributed by atoms with Gasteiger partial charge in [0.15, 0.2) is 0 Å². The Morgan fingerprint density at radius 1 is 0.879 bits per heavy atom. The van der Waals surface area contributed by atoms with Gasteiger partial charge in [0.25, 0.3) is 5.91 Å². The summed E-state index contributed by atoms with van der Waals surface area (Å²) in [6.45, 7) is 5.54. The van der Waals surface area contributed by atoms with Gasteiger partial charge in [-0.1, -0.05) is 36.4 Å². The van der Waals surface area contributed by atoms with Gasteiger partial charge in [0, 0.05) is 45.5 Å². The first-order chi connectivity index (χ1) is 16.2. The predicted octanol–water partition coefficient (Wildman–Crippen LogP) is 3.04. The van der Waals surface area contributed by atoms with Crippen LogP contribution >= 0.6 is 11.3 Å². The van der Waals surface area contributed by atoms with E-state index in [1.807, 2.05) is 56.4 Å². The molecule has 0 N–H and O–H groups in total. The van der Waals surface area contributed by atoms with E-state index in [1.54, 1.807) is 11.3 Å². The molecule has 0 aliphatic carbocycles. The molecule has 8 heteroatoms. The van der Waals surface area contributed by atoms with Gasteiger partial charge in [0.05, 0.1) is 23.5 Å². The van der Waals surface area contributed by atoms with Crippen LogP contribution in [-0.2, 0) is 11.3 Å². The Morgan fingerprint density at radius 3 is 2.33 bits per heavy atom. The molecule has 2 aliphatic heterocycles. The maximum absolute atomic E-state index is 13.5. The van der Waals surface area contributed by atoms with Crippen LogP contribution in [0.4, 0.5) is 0 Å². The van der Waals surface area contributed by atoms with Crippen LogP contribution in [0.15, 0.2) is 54.0 Å². The summed E-state index contributed by atoms with van der Waals surface area (Å²) >= 11 is 1.60. The molecule has 7 nitrogen and oxygen atoms in total. The minimum absolute atomic E-state index is 0.0169. The molecular formula is C25H29N5O2S. The van der Waals surface area contributed by atoms with Gasteiger partial charge in [-0.3, -0.25) is 19.2 Å². The molecule has 0 atom stereocenters. The molecule has 5 rings (SSSR count). The minimum atomic E-state index is 0.0169. The average Bonchev–Trinajstić information content (AvgIpc) is 3.61. The number of benzene rings is 1. The summed E-state index contributed by atoms with van der Waals surface area (Å²) in [6.07, 6.45) is 4.10. The molecule has 2 saturated heterocycles. The molecule has 0 saturated carbocycles. The van der Waals surface area contributed by atoms with Crippen LogP contribution < -0.4 is 0 Å².